The zero-order valence-electron chi connectivity index (χ0n) is 8.43. The minimum atomic E-state index is -0.219. The molecule has 0 radical (unpaired) electrons. The van der Waals surface area contributed by atoms with Crippen molar-refractivity contribution in [1.82, 2.24) is 10.4 Å². The molecule has 0 saturated carbocycles. The molecule has 1 N–H and O–H groups in total. The molecule has 1 fully saturated rings. The van der Waals surface area contributed by atoms with Crippen LogP contribution in [-0.4, -0.2) is 16.8 Å². The molecule has 1 aromatic rings. The molecule has 4 nitrogen and oxygen atoms in total. The fourth-order valence-electron chi connectivity index (χ4n) is 1.67. The van der Waals surface area contributed by atoms with Crippen molar-refractivity contribution in [2.75, 3.05) is 0 Å². The second-order valence-electron chi connectivity index (χ2n) is 3.56. The van der Waals surface area contributed by atoms with E-state index in [2.05, 4.69) is 5.43 Å². The van der Waals surface area contributed by atoms with Crippen molar-refractivity contribution in [3.8, 4) is 0 Å². The zero-order valence-corrected chi connectivity index (χ0v) is 8.43. The molecule has 1 heterocycles. The van der Waals surface area contributed by atoms with Gasteiger partial charge in [0.25, 0.3) is 0 Å². The highest BCUT2D eigenvalue weighted by Gasteiger charge is 2.37. The smallest absolute Gasteiger partial charge is 0.244 e. The van der Waals surface area contributed by atoms with Gasteiger partial charge in [-0.3, -0.25) is 15.0 Å². The average molecular weight is 204 g/mol. The molecule has 0 spiro atoms. The van der Waals surface area contributed by atoms with Gasteiger partial charge in [0.1, 0.15) is 0 Å². The zero-order chi connectivity index (χ0) is 10.8. The molecule has 1 aliphatic rings. The summed E-state index contributed by atoms with van der Waals surface area (Å²) in [6, 6.07) is 9.65. The molecule has 1 atom stereocenters. The summed E-state index contributed by atoms with van der Waals surface area (Å²) in [5, 5.41) is 1.39. The van der Waals surface area contributed by atoms with Crippen LogP contribution in [0.4, 0.5) is 0 Å². The summed E-state index contributed by atoms with van der Waals surface area (Å²) >= 11 is 0. The molecule has 0 bridgehead atoms. The first-order valence-corrected chi connectivity index (χ1v) is 4.82. The van der Waals surface area contributed by atoms with Crippen LogP contribution in [0.25, 0.3) is 0 Å². The molecule has 1 saturated heterocycles. The van der Waals surface area contributed by atoms with Crippen LogP contribution in [0.2, 0.25) is 0 Å². The van der Waals surface area contributed by atoms with Gasteiger partial charge in [0.05, 0.1) is 12.5 Å². The van der Waals surface area contributed by atoms with Crippen LogP contribution in [0.3, 0.4) is 0 Å². The van der Waals surface area contributed by atoms with E-state index in [-0.39, 0.29) is 17.9 Å². The van der Waals surface area contributed by atoms with Gasteiger partial charge >= 0.3 is 0 Å². The molecule has 1 aromatic carbocycles. The van der Waals surface area contributed by atoms with Crippen molar-refractivity contribution >= 4 is 11.8 Å². The third-order valence-corrected chi connectivity index (χ3v) is 2.41. The number of benzene rings is 1. The lowest BCUT2D eigenvalue weighted by Gasteiger charge is -2.39. The maximum absolute atomic E-state index is 11.3. The van der Waals surface area contributed by atoms with Crippen LogP contribution in [0.15, 0.2) is 30.3 Å². The summed E-state index contributed by atoms with van der Waals surface area (Å²) in [5.74, 6) is -0.261. The predicted octanol–water partition coefficient (Wildman–Crippen LogP) is 1.01. The first-order valence-electron chi connectivity index (χ1n) is 4.82. The Labute approximate surface area is 87.9 Å². The monoisotopic (exact) mass is 204 g/mol. The van der Waals surface area contributed by atoms with E-state index in [1.165, 1.54) is 11.9 Å². The number of amides is 2. The van der Waals surface area contributed by atoms with Crippen LogP contribution in [0.1, 0.15) is 24.9 Å². The molecule has 4 heteroatoms. The van der Waals surface area contributed by atoms with Crippen LogP contribution in [0.5, 0.6) is 0 Å². The van der Waals surface area contributed by atoms with Crippen molar-refractivity contribution in [2.24, 2.45) is 0 Å². The van der Waals surface area contributed by atoms with Crippen LogP contribution in [0, 0.1) is 0 Å². The fourth-order valence-corrected chi connectivity index (χ4v) is 1.67. The third kappa shape index (κ3) is 1.83. The predicted molar refractivity (Wildman–Crippen MR) is 54.5 cm³/mol. The Balaban J connectivity index is 2.12. The molecule has 2 rings (SSSR count). The number of hydrazine groups is 1. The molecule has 0 aromatic heterocycles. The first-order chi connectivity index (χ1) is 7.18. The number of rotatable bonds is 2. The Bertz CT molecular complexity index is 389. The average Bonchev–Trinajstić information content (AvgIpc) is 2.24. The van der Waals surface area contributed by atoms with Crippen molar-refractivity contribution in [3.63, 3.8) is 0 Å². The van der Waals surface area contributed by atoms with Crippen molar-refractivity contribution in [1.29, 1.82) is 0 Å². The maximum atomic E-state index is 11.3. The number of carbonyl (C=O) groups is 2. The highest BCUT2D eigenvalue weighted by molar-refractivity contribution is 5.86. The number of hydrogen-bond donors (Lipinski definition) is 1. The maximum Gasteiger partial charge on any atom is 0.244 e. The summed E-state index contributed by atoms with van der Waals surface area (Å²) in [6.07, 6.45) is 0.463. The second-order valence-corrected chi connectivity index (χ2v) is 3.56. The van der Waals surface area contributed by atoms with Gasteiger partial charge < -0.3 is 0 Å². The normalized spacial score (nSPS) is 19.7. The van der Waals surface area contributed by atoms with Gasteiger partial charge in [-0.05, 0) is 5.56 Å². The molecule has 78 valence electrons. The number of nitrogens with zero attached hydrogens (tertiary/aromatic N) is 1. The van der Waals surface area contributed by atoms with E-state index in [1.54, 1.807) is 0 Å². The molecular weight excluding hydrogens is 192 g/mol. The Morgan fingerprint density at radius 2 is 2.07 bits per heavy atom. The van der Waals surface area contributed by atoms with Crippen molar-refractivity contribution < 1.29 is 9.59 Å². The molecule has 2 amide bonds. The van der Waals surface area contributed by atoms with E-state index in [1.807, 2.05) is 30.3 Å². The van der Waals surface area contributed by atoms with Gasteiger partial charge in [-0.15, -0.1) is 0 Å². The van der Waals surface area contributed by atoms with E-state index >= 15 is 0 Å². The Morgan fingerprint density at radius 1 is 1.40 bits per heavy atom. The van der Waals surface area contributed by atoms with Gasteiger partial charge in [0.2, 0.25) is 11.8 Å². The third-order valence-electron chi connectivity index (χ3n) is 2.41. The van der Waals surface area contributed by atoms with E-state index in [9.17, 15) is 9.59 Å². The van der Waals surface area contributed by atoms with Crippen molar-refractivity contribution in [2.45, 2.75) is 19.4 Å². The summed E-state index contributed by atoms with van der Waals surface area (Å²) < 4.78 is 0. The number of carbonyl (C=O) groups excluding carboxylic acids is 2. The summed E-state index contributed by atoms with van der Waals surface area (Å²) in [5.41, 5.74) is 3.57. The van der Waals surface area contributed by atoms with Crippen molar-refractivity contribution in [3.05, 3.63) is 35.9 Å². The molecule has 15 heavy (non-hydrogen) atoms. The molecule has 1 aliphatic heterocycles. The minimum absolute atomic E-state index is 0.0115. The number of β-lactam (4-membered cyclic amide) rings is 1. The summed E-state index contributed by atoms with van der Waals surface area (Å²) in [6.45, 7) is 1.40. The second kappa shape index (κ2) is 3.73. The topological polar surface area (TPSA) is 49.4 Å². The summed E-state index contributed by atoms with van der Waals surface area (Å²) in [7, 11) is 0. The van der Waals surface area contributed by atoms with Gasteiger partial charge in [-0.1, -0.05) is 30.3 Å². The van der Waals surface area contributed by atoms with Gasteiger partial charge in [-0.25, -0.2) is 5.01 Å². The van der Waals surface area contributed by atoms with Gasteiger partial charge in [-0.2, -0.15) is 0 Å². The lowest BCUT2D eigenvalue weighted by Crippen LogP contribution is -2.55. The SMILES string of the molecule is CC(=O)NN1C(=O)CC1c1ccccc1. The van der Waals surface area contributed by atoms with E-state index < -0.39 is 0 Å². The molecule has 0 aliphatic carbocycles. The quantitative estimate of drug-likeness (QED) is 0.731. The molecule has 1 unspecified atom stereocenters. The number of hydrogen-bond acceptors (Lipinski definition) is 2. The van der Waals surface area contributed by atoms with Gasteiger partial charge in [0, 0.05) is 6.92 Å². The lowest BCUT2D eigenvalue weighted by molar-refractivity contribution is -0.156. The van der Waals surface area contributed by atoms with Crippen LogP contribution >= 0.6 is 0 Å². The van der Waals surface area contributed by atoms with E-state index in [4.69, 9.17) is 0 Å². The highest BCUT2D eigenvalue weighted by Crippen LogP contribution is 2.32. The number of nitrogens with one attached hydrogen (secondary N) is 1. The van der Waals surface area contributed by atoms with Gasteiger partial charge in [0.15, 0.2) is 0 Å². The van der Waals surface area contributed by atoms with Crippen LogP contribution in [-0.2, 0) is 9.59 Å². The summed E-state index contributed by atoms with van der Waals surface area (Å²) in [4.78, 5) is 22.1. The Kier molecular flexibility index (Phi) is 2.41. The Hall–Kier alpha value is -1.84. The Morgan fingerprint density at radius 3 is 2.60 bits per heavy atom. The van der Waals surface area contributed by atoms with E-state index in [0.717, 1.165) is 5.56 Å². The lowest BCUT2D eigenvalue weighted by atomic mass is 9.96. The first kappa shape index (κ1) is 9.71. The highest BCUT2D eigenvalue weighted by atomic mass is 16.2. The largest absolute Gasteiger partial charge is 0.274 e. The van der Waals surface area contributed by atoms with E-state index in [0.29, 0.717) is 6.42 Å². The molecular formula is C11H12N2O2. The standard InChI is InChI=1S/C11H12N2O2/c1-8(14)12-13-10(7-11(13)15)9-5-3-2-4-6-9/h2-6,10H,7H2,1H3,(H,12,14). The fraction of sp³-hybridized carbons (Fsp3) is 0.273. The van der Waals surface area contributed by atoms with Crippen LogP contribution < -0.4 is 5.43 Å². The minimum Gasteiger partial charge on any atom is -0.274 e.